The van der Waals surface area contributed by atoms with Crippen LogP contribution in [0.4, 0.5) is 0 Å². The SMILES string of the molecule is CO[C@@H]1O[C@H](C[P+](c2ccccc2)(c2ccccc2)c2ccccc2)C2OC(C)(C)OC21. The first-order chi connectivity index (χ1) is 15.5. The topological polar surface area (TPSA) is 36.9 Å². The molecule has 32 heavy (non-hydrogen) atoms. The van der Waals surface area contributed by atoms with Gasteiger partial charge >= 0.3 is 0 Å². The van der Waals surface area contributed by atoms with Gasteiger partial charge in [-0.2, -0.15) is 0 Å². The maximum atomic E-state index is 6.45. The number of rotatable bonds is 6. The number of benzene rings is 3. The lowest BCUT2D eigenvalue weighted by Gasteiger charge is -2.31. The third-order valence-corrected chi connectivity index (χ3v) is 10.8. The van der Waals surface area contributed by atoms with Crippen LogP contribution in [0, 0.1) is 0 Å². The monoisotopic (exact) mass is 449 g/mol. The van der Waals surface area contributed by atoms with E-state index in [0.29, 0.717) is 0 Å². The summed E-state index contributed by atoms with van der Waals surface area (Å²) in [6, 6.07) is 32.5. The van der Waals surface area contributed by atoms with E-state index in [1.807, 2.05) is 13.8 Å². The minimum Gasteiger partial charge on any atom is -0.353 e. The van der Waals surface area contributed by atoms with Gasteiger partial charge in [-0.25, -0.2) is 0 Å². The molecule has 0 bridgehead atoms. The minimum atomic E-state index is -2.05. The number of methoxy groups -OCH3 is 1. The van der Waals surface area contributed by atoms with Crippen molar-refractivity contribution in [1.29, 1.82) is 0 Å². The first-order valence-electron chi connectivity index (χ1n) is 11.1. The summed E-state index contributed by atoms with van der Waals surface area (Å²) in [6.07, 6.45) is -0.183. The van der Waals surface area contributed by atoms with Gasteiger partial charge in [0.15, 0.2) is 12.1 Å². The molecule has 0 aliphatic carbocycles. The Labute approximate surface area is 190 Å². The molecule has 2 unspecified atom stereocenters. The van der Waals surface area contributed by atoms with Crippen molar-refractivity contribution >= 4 is 23.2 Å². The van der Waals surface area contributed by atoms with Crippen LogP contribution in [0.2, 0.25) is 0 Å². The average molecular weight is 450 g/mol. The maximum Gasteiger partial charge on any atom is 0.186 e. The molecule has 3 aromatic carbocycles. The fourth-order valence-electron chi connectivity index (χ4n) is 5.06. The third-order valence-electron chi connectivity index (χ3n) is 6.38. The third kappa shape index (κ3) is 3.81. The molecular formula is C27H30O4P+. The molecule has 5 rings (SSSR count). The van der Waals surface area contributed by atoms with Gasteiger partial charge in [-0.1, -0.05) is 54.6 Å². The van der Waals surface area contributed by atoms with Crippen molar-refractivity contribution in [1.82, 2.24) is 0 Å². The van der Waals surface area contributed by atoms with Crippen LogP contribution in [0.15, 0.2) is 91.0 Å². The first-order valence-corrected chi connectivity index (χ1v) is 13.1. The lowest BCUT2D eigenvalue weighted by molar-refractivity contribution is -0.224. The summed E-state index contributed by atoms with van der Waals surface area (Å²) < 4.78 is 24.7. The zero-order valence-corrected chi connectivity index (χ0v) is 19.7. The van der Waals surface area contributed by atoms with Gasteiger partial charge < -0.3 is 18.9 Å². The lowest BCUT2D eigenvalue weighted by atomic mass is 10.1. The van der Waals surface area contributed by atoms with E-state index in [0.717, 1.165) is 6.16 Å². The lowest BCUT2D eigenvalue weighted by Crippen LogP contribution is -2.41. The van der Waals surface area contributed by atoms with Crippen LogP contribution in [0.3, 0.4) is 0 Å². The molecule has 0 radical (unpaired) electrons. The van der Waals surface area contributed by atoms with Gasteiger partial charge in [0.05, 0.1) is 0 Å². The molecule has 0 saturated carbocycles. The van der Waals surface area contributed by atoms with Gasteiger partial charge in [-0.05, 0) is 50.2 Å². The second-order valence-corrected chi connectivity index (χ2v) is 12.4. The Morgan fingerprint density at radius 2 is 1.16 bits per heavy atom. The fraction of sp³-hybridized carbons (Fsp3) is 0.333. The number of ether oxygens (including phenoxy) is 4. The number of hydrogen-bond acceptors (Lipinski definition) is 4. The summed E-state index contributed by atoms with van der Waals surface area (Å²) in [4.78, 5) is 0. The van der Waals surface area contributed by atoms with Crippen LogP contribution in [0.5, 0.6) is 0 Å². The van der Waals surface area contributed by atoms with Gasteiger partial charge in [0.25, 0.3) is 0 Å². The van der Waals surface area contributed by atoms with E-state index in [1.54, 1.807) is 7.11 Å². The Balaban J connectivity index is 1.66. The summed E-state index contributed by atoms with van der Waals surface area (Å²) in [6.45, 7) is 3.92. The summed E-state index contributed by atoms with van der Waals surface area (Å²) in [5.74, 6) is -0.651. The highest BCUT2D eigenvalue weighted by Gasteiger charge is 2.60. The molecule has 3 aromatic rings. The molecule has 0 spiro atoms. The van der Waals surface area contributed by atoms with E-state index in [4.69, 9.17) is 18.9 Å². The molecule has 2 fully saturated rings. The summed E-state index contributed by atoms with van der Waals surface area (Å²) in [5, 5.41) is 3.99. The zero-order chi connectivity index (χ0) is 22.2. The highest BCUT2D eigenvalue weighted by Crippen LogP contribution is 2.58. The fourth-order valence-corrected chi connectivity index (χ4v) is 9.46. The van der Waals surface area contributed by atoms with Crippen LogP contribution in [-0.2, 0) is 18.9 Å². The van der Waals surface area contributed by atoms with Crippen molar-refractivity contribution in [3.8, 4) is 0 Å². The largest absolute Gasteiger partial charge is 0.353 e. The van der Waals surface area contributed by atoms with Crippen molar-refractivity contribution in [2.45, 2.75) is 44.2 Å². The molecule has 4 nitrogen and oxygen atoms in total. The standard InChI is InChI=1S/C27H30O4P/c1-27(2)30-24-23(29-26(28-3)25(24)31-27)19-32(20-13-7-4-8-14-20,21-15-9-5-10-16-21)22-17-11-6-12-18-22/h4-18,23-26H,19H2,1-3H3/q+1/t23-,24?,25?,26-/m1/s1. The van der Waals surface area contributed by atoms with E-state index < -0.39 is 19.3 Å². The van der Waals surface area contributed by atoms with Crippen molar-refractivity contribution < 1.29 is 18.9 Å². The average Bonchev–Trinajstić information content (AvgIpc) is 3.32. The van der Waals surface area contributed by atoms with Crippen molar-refractivity contribution in [3.05, 3.63) is 91.0 Å². The smallest absolute Gasteiger partial charge is 0.186 e. The predicted octanol–water partition coefficient (Wildman–Crippen LogP) is 3.87. The molecule has 2 aliphatic heterocycles. The Hall–Kier alpha value is -2.07. The first kappa shape index (κ1) is 21.8. The molecule has 0 aromatic heterocycles. The van der Waals surface area contributed by atoms with Gasteiger partial charge in [-0.15, -0.1) is 0 Å². The van der Waals surface area contributed by atoms with Crippen LogP contribution in [-0.4, -0.2) is 43.7 Å². The van der Waals surface area contributed by atoms with Crippen LogP contribution >= 0.6 is 7.26 Å². The van der Waals surface area contributed by atoms with Gasteiger partial charge in [0, 0.05) is 7.11 Å². The molecule has 0 N–H and O–H groups in total. The maximum absolute atomic E-state index is 6.45. The second kappa shape index (κ2) is 8.70. The van der Waals surface area contributed by atoms with E-state index in [1.165, 1.54) is 15.9 Å². The number of hydrogen-bond donors (Lipinski definition) is 0. The van der Waals surface area contributed by atoms with Crippen molar-refractivity contribution in [3.63, 3.8) is 0 Å². The quantitative estimate of drug-likeness (QED) is 0.536. The molecular weight excluding hydrogens is 419 g/mol. The highest BCUT2D eigenvalue weighted by atomic mass is 31.2. The van der Waals surface area contributed by atoms with Crippen LogP contribution < -0.4 is 15.9 Å². The van der Waals surface area contributed by atoms with Crippen molar-refractivity contribution in [2.75, 3.05) is 13.3 Å². The summed E-state index contributed by atoms with van der Waals surface area (Å²) >= 11 is 0. The van der Waals surface area contributed by atoms with Crippen LogP contribution in [0.1, 0.15) is 13.8 Å². The van der Waals surface area contributed by atoms with E-state index >= 15 is 0 Å². The normalized spacial score (nSPS) is 26.7. The molecule has 2 heterocycles. The number of fused-ring (bicyclic) bond motifs is 1. The Kier molecular flexibility index (Phi) is 5.92. The van der Waals surface area contributed by atoms with E-state index in [9.17, 15) is 0 Å². The van der Waals surface area contributed by atoms with Crippen LogP contribution in [0.25, 0.3) is 0 Å². The van der Waals surface area contributed by atoms with E-state index in [2.05, 4.69) is 91.0 Å². The molecule has 0 amide bonds. The summed E-state index contributed by atoms with van der Waals surface area (Å²) in [5.41, 5.74) is 0. The highest BCUT2D eigenvalue weighted by molar-refractivity contribution is 7.95. The zero-order valence-electron chi connectivity index (χ0n) is 18.8. The Morgan fingerprint density at radius 1 is 0.719 bits per heavy atom. The van der Waals surface area contributed by atoms with Gasteiger partial charge in [-0.3, -0.25) is 0 Å². The molecule has 2 saturated heterocycles. The molecule has 5 heteroatoms. The molecule has 166 valence electrons. The Morgan fingerprint density at radius 3 is 1.59 bits per heavy atom. The van der Waals surface area contributed by atoms with Gasteiger partial charge in [0.1, 0.15) is 47.6 Å². The summed E-state index contributed by atoms with van der Waals surface area (Å²) in [7, 11) is -0.373. The second-order valence-electron chi connectivity index (χ2n) is 8.84. The van der Waals surface area contributed by atoms with Crippen molar-refractivity contribution in [2.24, 2.45) is 0 Å². The molecule has 4 atom stereocenters. The van der Waals surface area contributed by atoms with E-state index in [-0.39, 0.29) is 18.3 Å². The molecule has 2 aliphatic rings. The Bertz CT molecular complexity index is 929. The predicted molar refractivity (Wildman–Crippen MR) is 130 cm³/mol. The van der Waals surface area contributed by atoms with Gasteiger partial charge in [0.2, 0.25) is 0 Å². The minimum absolute atomic E-state index is 0.152.